The first-order valence-corrected chi connectivity index (χ1v) is 9.41. The van der Waals surface area contributed by atoms with Crippen molar-refractivity contribution in [1.29, 1.82) is 0 Å². The van der Waals surface area contributed by atoms with Gasteiger partial charge in [-0.25, -0.2) is 13.4 Å². The van der Waals surface area contributed by atoms with E-state index in [1.165, 1.54) is 16.1 Å². The largest absolute Gasteiger partial charge is 0.369 e. The first-order valence-electron chi connectivity index (χ1n) is 7.18. The summed E-state index contributed by atoms with van der Waals surface area (Å²) in [5, 5.41) is 2.62. The standard InChI is InChI=1S/C14H23ClN4O2S/c1-12-11-17(2)16-5-4-13(15)10-14(12)18-6-8-19(9-7-18)22(3,20)21/h4-5,10,16H,6-9,11H2,1-3H3/b5-4+,13-10+,14-12-. The number of sulfonamides is 1. The molecule has 2 aliphatic rings. The van der Waals surface area contributed by atoms with Crippen molar-refractivity contribution in [3.63, 3.8) is 0 Å². The average Bonchev–Trinajstić information content (AvgIpc) is 2.48. The highest BCUT2D eigenvalue weighted by molar-refractivity contribution is 7.88. The Bertz CT molecular complexity index is 604. The van der Waals surface area contributed by atoms with E-state index in [0.29, 0.717) is 31.2 Å². The van der Waals surface area contributed by atoms with Gasteiger partial charge in [0.25, 0.3) is 0 Å². The summed E-state index contributed by atoms with van der Waals surface area (Å²) in [6, 6.07) is 0. The quantitative estimate of drug-likeness (QED) is 0.806. The van der Waals surface area contributed by atoms with E-state index in [1.807, 2.05) is 24.2 Å². The van der Waals surface area contributed by atoms with Crippen molar-refractivity contribution >= 4 is 21.6 Å². The Kier molecular flexibility index (Phi) is 5.55. The van der Waals surface area contributed by atoms with Gasteiger partial charge in [-0.1, -0.05) is 11.6 Å². The summed E-state index contributed by atoms with van der Waals surface area (Å²) in [6.45, 7) is 5.17. The Balaban J connectivity index is 2.20. The zero-order chi connectivity index (χ0) is 16.3. The van der Waals surface area contributed by atoms with Gasteiger partial charge in [0.05, 0.1) is 6.26 Å². The second kappa shape index (κ2) is 7.04. The molecule has 8 heteroatoms. The molecule has 1 N–H and O–H groups in total. The molecule has 2 heterocycles. The van der Waals surface area contributed by atoms with Gasteiger partial charge in [0.15, 0.2) is 0 Å². The van der Waals surface area contributed by atoms with Gasteiger partial charge < -0.3 is 10.3 Å². The number of halogens is 1. The van der Waals surface area contributed by atoms with Gasteiger partial charge in [0, 0.05) is 56.7 Å². The lowest BCUT2D eigenvalue weighted by Crippen LogP contribution is -2.48. The SMILES string of the molecule is C\C1=C(N2CCN(S(C)(=O)=O)CC2)/C=C(Cl)\C=C\NN(C)C1. The summed E-state index contributed by atoms with van der Waals surface area (Å²) in [5.41, 5.74) is 5.38. The van der Waals surface area contributed by atoms with Crippen LogP contribution in [0.25, 0.3) is 0 Å². The van der Waals surface area contributed by atoms with Gasteiger partial charge in [-0.3, -0.25) is 0 Å². The lowest BCUT2D eigenvalue weighted by atomic mass is 10.1. The molecular weight excluding hydrogens is 324 g/mol. The Labute approximate surface area is 137 Å². The number of nitrogens with one attached hydrogen (secondary N) is 1. The van der Waals surface area contributed by atoms with Crippen molar-refractivity contribution in [2.75, 3.05) is 46.0 Å². The molecular formula is C14H23ClN4O2S. The zero-order valence-electron chi connectivity index (χ0n) is 13.2. The second-order valence-electron chi connectivity index (χ2n) is 5.66. The first-order chi connectivity index (χ1) is 10.3. The smallest absolute Gasteiger partial charge is 0.211 e. The summed E-state index contributed by atoms with van der Waals surface area (Å²) in [7, 11) is -1.15. The Morgan fingerprint density at radius 2 is 1.86 bits per heavy atom. The molecule has 0 unspecified atom stereocenters. The number of hydrazine groups is 1. The van der Waals surface area contributed by atoms with Gasteiger partial charge in [-0.15, -0.1) is 0 Å². The maximum atomic E-state index is 11.6. The maximum Gasteiger partial charge on any atom is 0.211 e. The predicted molar refractivity (Wildman–Crippen MR) is 89.5 cm³/mol. The number of rotatable bonds is 2. The number of hydrogen-bond acceptors (Lipinski definition) is 5. The van der Waals surface area contributed by atoms with Gasteiger partial charge in [-0.05, 0) is 24.6 Å². The van der Waals surface area contributed by atoms with Crippen LogP contribution in [0.4, 0.5) is 0 Å². The highest BCUT2D eigenvalue weighted by atomic mass is 35.5. The van der Waals surface area contributed by atoms with Crippen molar-refractivity contribution in [3.8, 4) is 0 Å². The minimum atomic E-state index is -3.11. The van der Waals surface area contributed by atoms with Crippen LogP contribution in [0.15, 0.2) is 34.7 Å². The lowest BCUT2D eigenvalue weighted by molar-refractivity contribution is 0.230. The molecule has 0 aromatic heterocycles. The molecule has 1 fully saturated rings. The van der Waals surface area contributed by atoms with Crippen LogP contribution in [-0.4, -0.2) is 68.7 Å². The van der Waals surface area contributed by atoms with E-state index in [4.69, 9.17) is 11.6 Å². The highest BCUT2D eigenvalue weighted by Crippen LogP contribution is 2.20. The van der Waals surface area contributed by atoms with E-state index < -0.39 is 10.0 Å². The van der Waals surface area contributed by atoms with Gasteiger partial charge in [-0.2, -0.15) is 4.31 Å². The molecule has 0 aliphatic carbocycles. The molecule has 1 saturated heterocycles. The second-order valence-corrected chi connectivity index (χ2v) is 8.08. The number of allylic oxidation sites excluding steroid dienone is 3. The van der Waals surface area contributed by atoms with Gasteiger partial charge in [0.1, 0.15) is 0 Å². The summed E-state index contributed by atoms with van der Waals surface area (Å²) >= 11 is 6.24. The van der Waals surface area contributed by atoms with Crippen molar-refractivity contribution < 1.29 is 8.42 Å². The predicted octanol–water partition coefficient (Wildman–Crippen LogP) is 0.924. The maximum absolute atomic E-state index is 11.6. The Hall–Kier alpha value is -1.02. The van der Waals surface area contributed by atoms with Crippen molar-refractivity contribution in [1.82, 2.24) is 19.6 Å². The minimum absolute atomic E-state index is 0.505. The fourth-order valence-electron chi connectivity index (χ4n) is 2.65. The van der Waals surface area contributed by atoms with Crippen LogP contribution in [0.2, 0.25) is 0 Å². The number of piperazine rings is 1. The lowest BCUT2D eigenvalue weighted by Gasteiger charge is -2.36. The fraction of sp³-hybridized carbons (Fsp3) is 0.571. The minimum Gasteiger partial charge on any atom is -0.369 e. The monoisotopic (exact) mass is 346 g/mol. The van der Waals surface area contributed by atoms with E-state index in [-0.39, 0.29) is 0 Å². The third kappa shape index (κ3) is 4.49. The highest BCUT2D eigenvalue weighted by Gasteiger charge is 2.25. The summed E-state index contributed by atoms with van der Waals surface area (Å²) in [4.78, 5) is 2.20. The topological polar surface area (TPSA) is 55.9 Å². The van der Waals surface area contributed by atoms with Crippen molar-refractivity contribution in [3.05, 3.63) is 34.7 Å². The van der Waals surface area contributed by atoms with Crippen LogP contribution < -0.4 is 5.43 Å². The molecule has 22 heavy (non-hydrogen) atoms. The molecule has 2 aliphatic heterocycles. The molecule has 0 aromatic carbocycles. The molecule has 0 aromatic rings. The molecule has 0 radical (unpaired) electrons. The molecule has 124 valence electrons. The van der Waals surface area contributed by atoms with Crippen LogP contribution in [0.3, 0.4) is 0 Å². The van der Waals surface area contributed by atoms with Crippen LogP contribution in [0.5, 0.6) is 0 Å². The van der Waals surface area contributed by atoms with Crippen molar-refractivity contribution in [2.24, 2.45) is 0 Å². The summed E-state index contributed by atoms with van der Waals surface area (Å²) in [5.74, 6) is 0. The molecule has 0 spiro atoms. The summed E-state index contributed by atoms with van der Waals surface area (Å²) < 4.78 is 24.7. The first kappa shape index (κ1) is 17.3. The van der Waals surface area contributed by atoms with Crippen LogP contribution in [0, 0.1) is 0 Å². The molecule has 6 nitrogen and oxygen atoms in total. The van der Waals surface area contributed by atoms with Gasteiger partial charge in [0.2, 0.25) is 10.0 Å². The van der Waals surface area contributed by atoms with Crippen LogP contribution >= 0.6 is 11.6 Å². The fourth-order valence-corrected chi connectivity index (χ4v) is 3.64. The molecule has 0 bridgehead atoms. The van der Waals surface area contributed by atoms with Crippen LogP contribution in [0.1, 0.15) is 6.92 Å². The van der Waals surface area contributed by atoms with Crippen molar-refractivity contribution in [2.45, 2.75) is 6.92 Å². The van der Waals surface area contributed by atoms with E-state index in [2.05, 4.69) is 17.2 Å². The molecule has 0 atom stereocenters. The zero-order valence-corrected chi connectivity index (χ0v) is 14.8. The van der Waals surface area contributed by atoms with Gasteiger partial charge >= 0.3 is 0 Å². The third-order valence-electron chi connectivity index (χ3n) is 3.77. The Morgan fingerprint density at radius 1 is 1.23 bits per heavy atom. The van der Waals surface area contributed by atoms with E-state index in [9.17, 15) is 8.42 Å². The van der Waals surface area contributed by atoms with E-state index in [1.54, 1.807) is 6.20 Å². The normalized spacial score (nSPS) is 29.8. The third-order valence-corrected chi connectivity index (χ3v) is 5.31. The van der Waals surface area contributed by atoms with E-state index in [0.717, 1.165) is 12.2 Å². The van der Waals surface area contributed by atoms with E-state index >= 15 is 0 Å². The molecule has 0 saturated carbocycles. The Morgan fingerprint density at radius 3 is 2.45 bits per heavy atom. The average molecular weight is 347 g/mol. The summed E-state index contributed by atoms with van der Waals surface area (Å²) in [6.07, 6.45) is 6.82. The number of nitrogens with zero attached hydrogens (tertiary/aromatic N) is 3. The number of hydrogen-bond donors (Lipinski definition) is 1. The van der Waals surface area contributed by atoms with Crippen LogP contribution in [-0.2, 0) is 10.0 Å². The number of likely N-dealkylation sites (N-methyl/N-ethyl adjacent to an activating group) is 1. The molecule has 0 amide bonds. The molecule has 2 rings (SSSR count).